The van der Waals surface area contributed by atoms with Gasteiger partial charge in [-0.15, -0.1) is 0 Å². The molecule has 2 saturated heterocycles. The van der Waals surface area contributed by atoms with Crippen molar-refractivity contribution in [1.82, 2.24) is 0 Å². The molecule has 0 bridgehead atoms. The minimum absolute atomic E-state index is 0.439. The molecule has 106 valence electrons. The molecule has 0 saturated carbocycles. The first-order valence-electron chi connectivity index (χ1n) is 7.69. The van der Waals surface area contributed by atoms with Gasteiger partial charge in [0, 0.05) is 18.6 Å². The normalized spacial score (nSPS) is 37.8. The van der Waals surface area contributed by atoms with Crippen LogP contribution in [-0.4, -0.2) is 25.9 Å². The van der Waals surface area contributed by atoms with E-state index in [-0.39, 0.29) is 0 Å². The first-order chi connectivity index (χ1) is 8.49. The van der Waals surface area contributed by atoms with Gasteiger partial charge in [0.2, 0.25) is 0 Å². The van der Waals surface area contributed by atoms with Gasteiger partial charge in [-0.3, -0.25) is 0 Å². The Morgan fingerprint density at radius 3 is 2.50 bits per heavy atom. The van der Waals surface area contributed by atoms with Crippen molar-refractivity contribution in [1.29, 1.82) is 0 Å². The van der Waals surface area contributed by atoms with Crippen molar-refractivity contribution in [2.75, 3.05) is 19.8 Å². The van der Waals surface area contributed by atoms with Gasteiger partial charge < -0.3 is 9.47 Å². The molecule has 0 N–H and O–H groups in total. The lowest BCUT2D eigenvalue weighted by molar-refractivity contribution is -0.192. The molecule has 2 aliphatic rings. The average molecular weight is 254 g/mol. The van der Waals surface area contributed by atoms with Crippen LogP contribution in [0.15, 0.2) is 0 Å². The third kappa shape index (κ3) is 3.48. The zero-order valence-corrected chi connectivity index (χ0v) is 12.6. The van der Waals surface area contributed by atoms with Gasteiger partial charge in [-0.1, -0.05) is 27.7 Å². The van der Waals surface area contributed by atoms with Crippen LogP contribution in [0.3, 0.4) is 0 Å². The van der Waals surface area contributed by atoms with Gasteiger partial charge in [0.1, 0.15) is 0 Å². The molecular formula is C16H30O2. The van der Waals surface area contributed by atoms with Gasteiger partial charge in [-0.2, -0.15) is 0 Å². The van der Waals surface area contributed by atoms with Crippen molar-refractivity contribution in [3.05, 3.63) is 0 Å². The van der Waals surface area contributed by atoms with Crippen LogP contribution in [0.25, 0.3) is 0 Å². The Bertz CT molecular complexity index is 258. The summed E-state index contributed by atoms with van der Waals surface area (Å²) in [5.41, 5.74) is 0.439. The van der Waals surface area contributed by atoms with Crippen LogP contribution in [0.2, 0.25) is 0 Å². The standard InChI is InChI=1S/C16H30O2/c1-12(2)9-16(4)11-18-15(16)8-13(3)7-14-5-6-17-10-14/h12-15H,5-11H2,1-4H3. The summed E-state index contributed by atoms with van der Waals surface area (Å²) in [5.74, 6) is 2.35. The third-order valence-corrected chi connectivity index (χ3v) is 4.64. The highest BCUT2D eigenvalue weighted by Crippen LogP contribution is 2.43. The Morgan fingerprint density at radius 2 is 2.00 bits per heavy atom. The highest BCUT2D eigenvalue weighted by atomic mass is 16.5. The van der Waals surface area contributed by atoms with E-state index in [1.54, 1.807) is 0 Å². The van der Waals surface area contributed by atoms with Gasteiger partial charge in [-0.25, -0.2) is 0 Å². The first-order valence-corrected chi connectivity index (χ1v) is 7.69. The molecule has 0 aromatic carbocycles. The zero-order chi connectivity index (χ0) is 13.2. The topological polar surface area (TPSA) is 18.5 Å². The quantitative estimate of drug-likeness (QED) is 0.716. The van der Waals surface area contributed by atoms with E-state index < -0.39 is 0 Å². The zero-order valence-electron chi connectivity index (χ0n) is 12.6. The number of hydrogen-bond donors (Lipinski definition) is 0. The molecule has 2 heterocycles. The summed E-state index contributed by atoms with van der Waals surface area (Å²) in [4.78, 5) is 0. The SMILES string of the molecule is CC(C)CC1(C)COC1CC(C)CC1CCOC1. The Morgan fingerprint density at radius 1 is 1.22 bits per heavy atom. The molecule has 4 atom stereocenters. The fourth-order valence-corrected chi connectivity index (χ4v) is 3.76. The minimum Gasteiger partial charge on any atom is -0.381 e. The van der Waals surface area contributed by atoms with Crippen molar-refractivity contribution in [3.63, 3.8) is 0 Å². The maximum absolute atomic E-state index is 5.85. The maximum atomic E-state index is 5.85. The fourth-order valence-electron chi connectivity index (χ4n) is 3.76. The van der Waals surface area contributed by atoms with Crippen LogP contribution in [0.4, 0.5) is 0 Å². The molecule has 0 aliphatic carbocycles. The van der Waals surface area contributed by atoms with E-state index in [4.69, 9.17) is 9.47 Å². The van der Waals surface area contributed by atoms with Crippen LogP contribution in [0.1, 0.15) is 53.4 Å². The number of rotatable bonds is 6. The van der Waals surface area contributed by atoms with Crippen LogP contribution < -0.4 is 0 Å². The molecule has 0 aromatic heterocycles. The monoisotopic (exact) mass is 254 g/mol. The lowest BCUT2D eigenvalue weighted by atomic mass is 9.71. The number of hydrogen-bond acceptors (Lipinski definition) is 2. The van der Waals surface area contributed by atoms with E-state index in [0.717, 1.165) is 37.6 Å². The minimum atomic E-state index is 0.439. The second kappa shape index (κ2) is 5.92. The predicted octanol–water partition coefficient (Wildman–Crippen LogP) is 3.89. The second-order valence-electron chi connectivity index (χ2n) is 7.36. The summed E-state index contributed by atoms with van der Waals surface area (Å²) < 4.78 is 11.3. The van der Waals surface area contributed by atoms with Crippen molar-refractivity contribution in [2.45, 2.75) is 59.5 Å². The van der Waals surface area contributed by atoms with E-state index in [1.165, 1.54) is 25.7 Å². The van der Waals surface area contributed by atoms with Crippen molar-refractivity contribution in [3.8, 4) is 0 Å². The largest absolute Gasteiger partial charge is 0.381 e. The van der Waals surface area contributed by atoms with Gasteiger partial charge >= 0.3 is 0 Å². The Hall–Kier alpha value is -0.0800. The highest BCUT2D eigenvalue weighted by molar-refractivity contribution is 4.92. The average Bonchev–Trinajstić information content (AvgIpc) is 2.76. The lowest BCUT2D eigenvalue weighted by Crippen LogP contribution is -2.51. The summed E-state index contributed by atoms with van der Waals surface area (Å²) in [6, 6.07) is 0. The smallest absolute Gasteiger partial charge is 0.0653 e. The van der Waals surface area contributed by atoms with Crippen molar-refractivity contribution >= 4 is 0 Å². The first kappa shape index (κ1) is 14.3. The Labute approximate surface area is 112 Å². The Balaban J connectivity index is 1.74. The molecule has 0 amide bonds. The summed E-state index contributed by atoms with van der Waals surface area (Å²) in [5, 5.41) is 0. The van der Waals surface area contributed by atoms with Crippen LogP contribution in [0.5, 0.6) is 0 Å². The van der Waals surface area contributed by atoms with E-state index in [1.807, 2.05) is 0 Å². The molecular weight excluding hydrogens is 224 g/mol. The van der Waals surface area contributed by atoms with Gasteiger partial charge in [-0.05, 0) is 43.4 Å². The van der Waals surface area contributed by atoms with Gasteiger partial charge in [0.05, 0.1) is 12.7 Å². The molecule has 2 rings (SSSR count). The van der Waals surface area contributed by atoms with Crippen molar-refractivity contribution < 1.29 is 9.47 Å². The van der Waals surface area contributed by atoms with E-state index in [0.29, 0.717) is 11.5 Å². The molecule has 4 unspecified atom stereocenters. The molecule has 0 radical (unpaired) electrons. The van der Waals surface area contributed by atoms with Crippen molar-refractivity contribution in [2.24, 2.45) is 23.2 Å². The maximum Gasteiger partial charge on any atom is 0.0653 e. The summed E-state index contributed by atoms with van der Waals surface area (Å²) in [7, 11) is 0. The molecule has 0 aromatic rings. The Kier molecular flexibility index (Phi) is 4.71. The molecule has 2 heteroatoms. The molecule has 2 nitrogen and oxygen atoms in total. The molecule has 18 heavy (non-hydrogen) atoms. The lowest BCUT2D eigenvalue weighted by Gasteiger charge is -2.49. The van der Waals surface area contributed by atoms with E-state index in [2.05, 4.69) is 27.7 Å². The van der Waals surface area contributed by atoms with Gasteiger partial charge in [0.25, 0.3) is 0 Å². The van der Waals surface area contributed by atoms with Crippen LogP contribution in [-0.2, 0) is 9.47 Å². The fraction of sp³-hybridized carbons (Fsp3) is 1.00. The highest BCUT2D eigenvalue weighted by Gasteiger charge is 2.44. The summed E-state index contributed by atoms with van der Waals surface area (Å²) in [6.07, 6.45) is 5.62. The molecule has 0 spiro atoms. The van der Waals surface area contributed by atoms with Crippen LogP contribution in [0, 0.1) is 23.2 Å². The summed E-state index contributed by atoms with van der Waals surface area (Å²) >= 11 is 0. The van der Waals surface area contributed by atoms with E-state index in [9.17, 15) is 0 Å². The number of ether oxygens (including phenoxy) is 2. The predicted molar refractivity (Wildman–Crippen MR) is 74.6 cm³/mol. The molecule has 2 fully saturated rings. The second-order valence-corrected chi connectivity index (χ2v) is 7.36. The van der Waals surface area contributed by atoms with E-state index >= 15 is 0 Å². The molecule has 2 aliphatic heterocycles. The van der Waals surface area contributed by atoms with Gasteiger partial charge in [0.15, 0.2) is 0 Å². The third-order valence-electron chi connectivity index (χ3n) is 4.64. The summed E-state index contributed by atoms with van der Waals surface area (Å²) in [6.45, 7) is 12.4. The van der Waals surface area contributed by atoms with Crippen LogP contribution >= 0.6 is 0 Å².